The van der Waals surface area contributed by atoms with Gasteiger partial charge in [-0.2, -0.15) is 0 Å². The van der Waals surface area contributed by atoms with E-state index in [1.54, 1.807) is 6.07 Å². The Balaban J connectivity index is 2.59. The van der Waals surface area contributed by atoms with E-state index in [9.17, 15) is 0 Å². The standard InChI is InChI=1S/C10H18N4O2/c1-2-3-11-9-4-10(13-7-12-9)14-8(5-15)6-16/h4,7-8,15-16H,2-3,5-6H2,1H3,(H2,11,12,13,14). The normalized spacial score (nSPS) is 10.5. The summed E-state index contributed by atoms with van der Waals surface area (Å²) in [6.45, 7) is 2.64. The van der Waals surface area contributed by atoms with Crippen LogP contribution in [0, 0.1) is 0 Å². The Kier molecular flexibility index (Phi) is 5.52. The fraction of sp³-hybridized carbons (Fsp3) is 0.600. The van der Waals surface area contributed by atoms with E-state index >= 15 is 0 Å². The molecule has 0 amide bonds. The Morgan fingerprint density at radius 2 is 1.94 bits per heavy atom. The minimum atomic E-state index is -0.395. The van der Waals surface area contributed by atoms with Gasteiger partial charge in [0.2, 0.25) is 0 Å². The van der Waals surface area contributed by atoms with E-state index in [2.05, 4.69) is 27.5 Å². The monoisotopic (exact) mass is 226 g/mol. The van der Waals surface area contributed by atoms with Gasteiger partial charge in [-0.05, 0) is 6.42 Å². The molecule has 1 aromatic heterocycles. The number of aliphatic hydroxyl groups excluding tert-OH is 2. The summed E-state index contributed by atoms with van der Waals surface area (Å²) in [6, 6.07) is 1.35. The average molecular weight is 226 g/mol. The summed E-state index contributed by atoms with van der Waals surface area (Å²) in [5, 5.41) is 23.9. The van der Waals surface area contributed by atoms with Gasteiger partial charge in [-0.1, -0.05) is 6.92 Å². The Labute approximate surface area is 94.7 Å². The Morgan fingerprint density at radius 1 is 1.25 bits per heavy atom. The first kappa shape index (κ1) is 12.7. The van der Waals surface area contributed by atoms with E-state index in [-0.39, 0.29) is 13.2 Å². The second kappa shape index (κ2) is 6.97. The van der Waals surface area contributed by atoms with Crippen molar-refractivity contribution in [2.45, 2.75) is 19.4 Å². The molecule has 6 nitrogen and oxygen atoms in total. The first-order valence-corrected chi connectivity index (χ1v) is 5.34. The second-order valence-electron chi connectivity index (χ2n) is 3.42. The molecule has 6 heteroatoms. The molecule has 0 bridgehead atoms. The van der Waals surface area contributed by atoms with Gasteiger partial charge in [0.05, 0.1) is 19.3 Å². The van der Waals surface area contributed by atoms with Crippen molar-refractivity contribution >= 4 is 11.6 Å². The minimum absolute atomic E-state index is 0.141. The van der Waals surface area contributed by atoms with E-state index in [4.69, 9.17) is 10.2 Å². The first-order chi connectivity index (χ1) is 7.80. The molecule has 0 aliphatic carbocycles. The molecule has 0 aliphatic rings. The molecule has 0 aromatic carbocycles. The Morgan fingerprint density at radius 3 is 2.56 bits per heavy atom. The third-order valence-corrected chi connectivity index (χ3v) is 2.02. The molecule has 0 unspecified atom stereocenters. The molecule has 0 saturated carbocycles. The van der Waals surface area contributed by atoms with Crippen LogP contribution in [0.1, 0.15) is 13.3 Å². The van der Waals surface area contributed by atoms with E-state index in [1.807, 2.05) is 0 Å². The van der Waals surface area contributed by atoms with Crippen LogP contribution in [0.5, 0.6) is 0 Å². The quantitative estimate of drug-likeness (QED) is 0.526. The summed E-state index contributed by atoms with van der Waals surface area (Å²) in [5.74, 6) is 1.32. The summed E-state index contributed by atoms with van der Waals surface area (Å²) in [7, 11) is 0. The Hall–Kier alpha value is -1.40. The lowest BCUT2D eigenvalue weighted by Gasteiger charge is -2.14. The average Bonchev–Trinajstić information content (AvgIpc) is 2.34. The van der Waals surface area contributed by atoms with Gasteiger partial charge in [0.25, 0.3) is 0 Å². The van der Waals surface area contributed by atoms with Crippen LogP contribution in [-0.2, 0) is 0 Å². The molecular formula is C10H18N4O2. The number of aromatic nitrogens is 2. The van der Waals surface area contributed by atoms with Crippen molar-refractivity contribution in [3.8, 4) is 0 Å². The number of anilines is 2. The molecule has 0 spiro atoms. The number of hydrogen-bond acceptors (Lipinski definition) is 6. The molecule has 0 saturated heterocycles. The van der Waals surface area contributed by atoms with Gasteiger partial charge in [-0.15, -0.1) is 0 Å². The summed E-state index contributed by atoms with van der Waals surface area (Å²) < 4.78 is 0. The van der Waals surface area contributed by atoms with Crippen LogP contribution < -0.4 is 10.6 Å². The molecule has 16 heavy (non-hydrogen) atoms. The highest BCUT2D eigenvalue weighted by Crippen LogP contribution is 2.09. The molecule has 1 aromatic rings. The van der Waals surface area contributed by atoms with Crippen molar-refractivity contribution in [2.75, 3.05) is 30.4 Å². The molecule has 0 atom stereocenters. The predicted octanol–water partition coefficient (Wildman–Crippen LogP) is 0.0636. The van der Waals surface area contributed by atoms with Crippen molar-refractivity contribution in [3.05, 3.63) is 12.4 Å². The van der Waals surface area contributed by atoms with Crippen LogP contribution in [0.4, 0.5) is 11.6 Å². The Bertz CT molecular complexity index is 305. The molecule has 0 aliphatic heterocycles. The van der Waals surface area contributed by atoms with Crippen molar-refractivity contribution in [1.82, 2.24) is 9.97 Å². The lowest BCUT2D eigenvalue weighted by Crippen LogP contribution is -2.28. The van der Waals surface area contributed by atoms with Crippen LogP contribution in [-0.4, -0.2) is 46.0 Å². The van der Waals surface area contributed by atoms with Crippen LogP contribution in [0.25, 0.3) is 0 Å². The summed E-state index contributed by atoms with van der Waals surface area (Å²) in [5.41, 5.74) is 0. The third-order valence-electron chi connectivity index (χ3n) is 2.02. The fourth-order valence-electron chi connectivity index (χ4n) is 1.14. The predicted molar refractivity (Wildman–Crippen MR) is 62.4 cm³/mol. The number of rotatable bonds is 7. The maximum absolute atomic E-state index is 8.92. The lowest BCUT2D eigenvalue weighted by atomic mass is 10.3. The maximum atomic E-state index is 8.92. The zero-order valence-corrected chi connectivity index (χ0v) is 9.35. The number of aliphatic hydroxyl groups is 2. The highest BCUT2D eigenvalue weighted by atomic mass is 16.3. The van der Waals surface area contributed by atoms with Gasteiger partial charge in [0.15, 0.2) is 0 Å². The largest absolute Gasteiger partial charge is 0.394 e. The SMILES string of the molecule is CCCNc1cc(NC(CO)CO)ncn1. The molecule has 0 fully saturated rings. The molecule has 1 rings (SSSR count). The highest BCUT2D eigenvalue weighted by molar-refractivity contribution is 5.46. The molecule has 90 valence electrons. The molecular weight excluding hydrogens is 208 g/mol. The van der Waals surface area contributed by atoms with Gasteiger partial charge in [-0.3, -0.25) is 0 Å². The summed E-state index contributed by atoms with van der Waals surface area (Å²) >= 11 is 0. The topological polar surface area (TPSA) is 90.3 Å². The van der Waals surface area contributed by atoms with Crippen LogP contribution >= 0.6 is 0 Å². The van der Waals surface area contributed by atoms with Crippen molar-refractivity contribution < 1.29 is 10.2 Å². The van der Waals surface area contributed by atoms with Gasteiger partial charge in [0.1, 0.15) is 18.0 Å². The van der Waals surface area contributed by atoms with E-state index in [0.29, 0.717) is 5.82 Å². The fourth-order valence-corrected chi connectivity index (χ4v) is 1.14. The zero-order valence-electron chi connectivity index (χ0n) is 9.35. The van der Waals surface area contributed by atoms with Crippen LogP contribution in [0.2, 0.25) is 0 Å². The minimum Gasteiger partial charge on any atom is -0.394 e. The molecule has 4 N–H and O–H groups in total. The number of nitrogens with zero attached hydrogens (tertiary/aromatic N) is 2. The van der Waals surface area contributed by atoms with Crippen molar-refractivity contribution in [2.24, 2.45) is 0 Å². The van der Waals surface area contributed by atoms with E-state index < -0.39 is 6.04 Å². The summed E-state index contributed by atoms with van der Waals surface area (Å²) in [6.07, 6.45) is 2.45. The smallest absolute Gasteiger partial charge is 0.131 e. The lowest BCUT2D eigenvalue weighted by molar-refractivity contribution is 0.203. The van der Waals surface area contributed by atoms with Crippen molar-refractivity contribution in [3.63, 3.8) is 0 Å². The maximum Gasteiger partial charge on any atom is 0.131 e. The number of nitrogens with one attached hydrogen (secondary N) is 2. The first-order valence-electron chi connectivity index (χ1n) is 5.34. The second-order valence-corrected chi connectivity index (χ2v) is 3.42. The van der Waals surface area contributed by atoms with E-state index in [0.717, 1.165) is 18.8 Å². The van der Waals surface area contributed by atoms with Gasteiger partial charge in [0, 0.05) is 12.6 Å². The van der Waals surface area contributed by atoms with Crippen LogP contribution in [0.15, 0.2) is 12.4 Å². The molecule has 0 radical (unpaired) electrons. The zero-order chi connectivity index (χ0) is 11.8. The van der Waals surface area contributed by atoms with Gasteiger partial charge < -0.3 is 20.8 Å². The van der Waals surface area contributed by atoms with Gasteiger partial charge >= 0.3 is 0 Å². The van der Waals surface area contributed by atoms with Crippen LogP contribution in [0.3, 0.4) is 0 Å². The van der Waals surface area contributed by atoms with Crippen molar-refractivity contribution in [1.29, 1.82) is 0 Å². The highest BCUT2D eigenvalue weighted by Gasteiger charge is 2.06. The van der Waals surface area contributed by atoms with E-state index in [1.165, 1.54) is 6.33 Å². The third kappa shape index (κ3) is 4.00. The molecule has 1 heterocycles. The summed E-state index contributed by atoms with van der Waals surface area (Å²) in [4.78, 5) is 8.05. The number of hydrogen-bond donors (Lipinski definition) is 4. The van der Waals surface area contributed by atoms with Gasteiger partial charge in [-0.25, -0.2) is 9.97 Å².